The largest absolute Gasteiger partial charge is 0.356 e. The topological polar surface area (TPSA) is 111 Å². The lowest BCUT2D eigenvalue weighted by Crippen LogP contribution is -2.51. The maximum absolute atomic E-state index is 12.7. The molecule has 0 unspecified atom stereocenters. The Balaban J connectivity index is 2.74. The molecule has 3 amide bonds. The van der Waals surface area contributed by atoms with Crippen molar-refractivity contribution in [1.29, 1.82) is 5.26 Å². The quantitative estimate of drug-likeness (QED) is 0.606. The third kappa shape index (κ3) is 7.85. The van der Waals surface area contributed by atoms with Crippen LogP contribution in [0.4, 0.5) is 0 Å². The second-order valence-corrected chi connectivity index (χ2v) is 8.69. The van der Waals surface area contributed by atoms with E-state index < -0.39 is 12.1 Å². The molecule has 1 rings (SSSR count). The van der Waals surface area contributed by atoms with Crippen molar-refractivity contribution in [2.24, 2.45) is 17.3 Å². The predicted molar refractivity (Wildman–Crippen MR) is 98.7 cm³/mol. The number of nitriles is 1. The number of carbonyl (C=O) groups excluding carboxylic acids is 3. The van der Waals surface area contributed by atoms with E-state index in [2.05, 4.69) is 22.0 Å². The Labute approximate surface area is 156 Å². The summed E-state index contributed by atoms with van der Waals surface area (Å²) in [7, 11) is 0. The summed E-state index contributed by atoms with van der Waals surface area (Å²) < 4.78 is 0. The highest BCUT2D eigenvalue weighted by Crippen LogP contribution is 2.22. The highest BCUT2D eigenvalue weighted by atomic mass is 16.2. The minimum absolute atomic E-state index is 0.0732. The molecule has 7 nitrogen and oxygen atoms in total. The highest BCUT2D eigenvalue weighted by Gasteiger charge is 2.31. The van der Waals surface area contributed by atoms with Crippen molar-refractivity contribution in [1.82, 2.24) is 16.0 Å². The molecule has 0 aromatic rings. The molecule has 7 heteroatoms. The van der Waals surface area contributed by atoms with Gasteiger partial charge in [0, 0.05) is 18.9 Å². The average Bonchev–Trinajstić information content (AvgIpc) is 2.88. The van der Waals surface area contributed by atoms with Gasteiger partial charge >= 0.3 is 0 Å². The van der Waals surface area contributed by atoms with Gasteiger partial charge in [0.05, 0.1) is 6.07 Å². The fraction of sp³-hybridized carbons (Fsp3) is 0.789. The van der Waals surface area contributed by atoms with Gasteiger partial charge in [-0.25, -0.2) is 0 Å². The van der Waals surface area contributed by atoms with Gasteiger partial charge in [-0.05, 0) is 30.6 Å². The monoisotopic (exact) mass is 364 g/mol. The van der Waals surface area contributed by atoms with Gasteiger partial charge in [-0.2, -0.15) is 5.26 Å². The van der Waals surface area contributed by atoms with E-state index in [0.29, 0.717) is 25.8 Å². The molecule has 1 aliphatic rings. The second kappa shape index (κ2) is 9.56. The lowest BCUT2D eigenvalue weighted by Gasteiger charge is -2.27. The van der Waals surface area contributed by atoms with Crippen LogP contribution in [0.3, 0.4) is 0 Å². The van der Waals surface area contributed by atoms with E-state index in [1.165, 1.54) is 0 Å². The van der Waals surface area contributed by atoms with Gasteiger partial charge in [0.15, 0.2) is 0 Å². The Hall–Kier alpha value is -2.10. The predicted octanol–water partition coefficient (Wildman–Crippen LogP) is 1.49. The van der Waals surface area contributed by atoms with Crippen LogP contribution >= 0.6 is 0 Å². The van der Waals surface area contributed by atoms with E-state index in [1.54, 1.807) is 0 Å². The molecule has 0 aromatic carbocycles. The third-order valence-electron chi connectivity index (χ3n) is 4.22. The molecule has 0 bridgehead atoms. The van der Waals surface area contributed by atoms with Crippen molar-refractivity contribution >= 4 is 17.7 Å². The van der Waals surface area contributed by atoms with E-state index in [4.69, 9.17) is 0 Å². The highest BCUT2D eigenvalue weighted by molar-refractivity contribution is 5.88. The summed E-state index contributed by atoms with van der Waals surface area (Å²) in [6.45, 7) is 10.5. The Kier molecular flexibility index (Phi) is 8.07. The van der Waals surface area contributed by atoms with Gasteiger partial charge in [0.25, 0.3) is 0 Å². The molecule has 0 aliphatic carbocycles. The van der Waals surface area contributed by atoms with Gasteiger partial charge in [0.1, 0.15) is 12.1 Å². The first kappa shape index (κ1) is 21.9. The van der Waals surface area contributed by atoms with Crippen LogP contribution in [-0.2, 0) is 14.4 Å². The van der Waals surface area contributed by atoms with Crippen molar-refractivity contribution < 1.29 is 14.4 Å². The molecule has 1 fully saturated rings. The number of nitrogens with zero attached hydrogens (tertiary/aromatic N) is 1. The molecule has 0 spiro atoms. The first-order valence-corrected chi connectivity index (χ1v) is 9.29. The summed E-state index contributed by atoms with van der Waals surface area (Å²) in [5, 5.41) is 17.6. The lowest BCUT2D eigenvalue weighted by molar-refractivity contribution is -0.130. The van der Waals surface area contributed by atoms with Crippen LogP contribution in [0.2, 0.25) is 0 Å². The Morgan fingerprint density at radius 3 is 2.42 bits per heavy atom. The molecule has 3 N–H and O–H groups in total. The summed E-state index contributed by atoms with van der Waals surface area (Å²) in [4.78, 5) is 36.5. The molecule has 1 saturated heterocycles. The van der Waals surface area contributed by atoms with Crippen molar-refractivity contribution in [3.8, 4) is 6.07 Å². The van der Waals surface area contributed by atoms with Crippen LogP contribution in [-0.4, -0.2) is 36.3 Å². The molecular weight excluding hydrogens is 332 g/mol. The molecule has 3 atom stereocenters. The molecule has 1 aliphatic heterocycles. The van der Waals surface area contributed by atoms with Crippen molar-refractivity contribution in [2.45, 2.75) is 72.4 Å². The van der Waals surface area contributed by atoms with Crippen molar-refractivity contribution in [2.75, 3.05) is 6.54 Å². The van der Waals surface area contributed by atoms with E-state index in [0.717, 1.165) is 0 Å². The Morgan fingerprint density at radius 1 is 1.31 bits per heavy atom. The third-order valence-corrected chi connectivity index (χ3v) is 4.22. The average molecular weight is 364 g/mol. The van der Waals surface area contributed by atoms with Crippen LogP contribution < -0.4 is 16.0 Å². The van der Waals surface area contributed by atoms with E-state index in [9.17, 15) is 19.6 Å². The van der Waals surface area contributed by atoms with Crippen LogP contribution in [0.15, 0.2) is 0 Å². The Bertz CT molecular complexity index is 560. The fourth-order valence-corrected chi connectivity index (χ4v) is 3.02. The van der Waals surface area contributed by atoms with Gasteiger partial charge < -0.3 is 16.0 Å². The van der Waals surface area contributed by atoms with Crippen LogP contribution in [0.1, 0.15) is 60.3 Å². The normalized spacial score (nSPS) is 19.4. The number of nitrogens with one attached hydrogen (secondary N) is 3. The number of rotatable bonds is 8. The summed E-state index contributed by atoms with van der Waals surface area (Å²) in [6, 6.07) is 0.610. The number of hydrogen-bond acceptors (Lipinski definition) is 4. The number of carbonyl (C=O) groups is 3. The first-order valence-electron chi connectivity index (χ1n) is 9.29. The molecule has 1 heterocycles. The second-order valence-electron chi connectivity index (χ2n) is 8.69. The first-order chi connectivity index (χ1) is 12.0. The minimum Gasteiger partial charge on any atom is -0.356 e. The smallest absolute Gasteiger partial charge is 0.243 e. The lowest BCUT2D eigenvalue weighted by atomic mass is 9.87. The van der Waals surface area contributed by atoms with Crippen molar-refractivity contribution in [3.63, 3.8) is 0 Å². The summed E-state index contributed by atoms with van der Waals surface area (Å²) in [6.07, 6.45) is 1.77. The zero-order chi connectivity index (χ0) is 19.9. The molecule has 0 saturated carbocycles. The van der Waals surface area contributed by atoms with Crippen molar-refractivity contribution in [3.05, 3.63) is 0 Å². The molecule has 0 radical (unpaired) electrons. The minimum atomic E-state index is -0.749. The molecule has 146 valence electrons. The Morgan fingerprint density at radius 2 is 1.96 bits per heavy atom. The van der Waals surface area contributed by atoms with Crippen LogP contribution in [0.25, 0.3) is 0 Å². The maximum atomic E-state index is 12.7. The molecule has 26 heavy (non-hydrogen) atoms. The SMILES string of the molecule is CC(C)CC(=O)N[C@@H](CC(C)(C)C)C(=O)N[C@H](C#N)C[C@@H]1CCNC1=O. The number of hydrogen-bond donors (Lipinski definition) is 3. The van der Waals surface area contributed by atoms with Crippen LogP contribution in [0.5, 0.6) is 0 Å². The summed E-state index contributed by atoms with van der Waals surface area (Å²) in [5.41, 5.74) is -0.166. The van der Waals surface area contributed by atoms with Crippen LogP contribution in [0, 0.1) is 28.6 Å². The van der Waals surface area contributed by atoms with Gasteiger partial charge in [-0.15, -0.1) is 0 Å². The zero-order valence-electron chi connectivity index (χ0n) is 16.5. The van der Waals surface area contributed by atoms with Gasteiger partial charge in [0.2, 0.25) is 17.7 Å². The fourth-order valence-electron chi connectivity index (χ4n) is 3.02. The van der Waals surface area contributed by atoms with Gasteiger partial charge in [-0.3, -0.25) is 14.4 Å². The maximum Gasteiger partial charge on any atom is 0.243 e. The van der Waals surface area contributed by atoms with Gasteiger partial charge in [-0.1, -0.05) is 34.6 Å². The van der Waals surface area contributed by atoms with E-state index >= 15 is 0 Å². The summed E-state index contributed by atoms with van der Waals surface area (Å²) in [5.74, 6) is -0.677. The summed E-state index contributed by atoms with van der Waals surface area (Å²) >= 11 is 0. The molecule has 0 aromatic heterocycles. The molecular formula is C19H32N4O3. The zero-order valence-corrected chi connectivity index (χ0v) is 16.5. The van der Waals surface area contributed by atoms with E-state index in [-0.39, 0.29) is 41.4 Å². The standard InChI is InChI=1S/C19H32N4O3/c1-12(2)8-16(24)23-15(10-19(3,4)5)18(26)22-14(11-20)9-13-6-7-21-17(13)25/h12-15H,6-10H2,1-5H3,(H,21,25)(H,22,26)(H,23,24)/t13-,14-,15-/m0/s1. The number of amides is 3. The van der Waals surface area contributed by atoms with E-state index in [1.807, 2.05) is 34.6 Å².